The van der Waals surface area contributed by atoms with Gasteiger partial charge in [0.25, 0.3) is 0 Å². The summed E-state index contributed by atoms with van der Waals surface area (Å²) in [6.07, 6.45) is 0.742. The Morgan fingerprint density at radius 1 is 0.862 bits per heavy atom. The van der Waals surface area contributed by atoms with Crippen LogP contribution >= 0.6 is 0 Å². The summed E-state index contributed by atoms with van der Waals surface area (Å²) < 4.78 is 18.8. The van der Waals surface area contributed by atoms with Crippen molar-refractivity contribution in [3.05, 3.63) is 0 Å². The summed E-state index contributed by atoms with van der Waals surface area (Å²) in [6, 6.07) is 0.674. The molecule has 0 aromatic carbocycles. The maximum atomic E-state index is 11.5. The first-order valence-electron chi connectivity index (χ1n) is 10.3. The van der Waals surface area contributed by atoms with Gasteiger partial charge in [0.1, 0.15) is 13.1 Å². The molecule has 3 rings (SSSR count). The largest absolute Gasteiger partial charge is 0.501 e. The molecule has 29 heavy (non-hydrogen) atoms. The van der Waals surface area contributed by atoms with E-state index >= 15 is 0 Å². The van der Waals surface area contributed by atoms with Gasteiger partial charge in [-0.2, -0.15) is 0 Å². The van der Waals surface area contributed by atoms with E-state index in [4.69, 9.17) is 18.4 Å². The number of carboxylic acids is 2. The molecule has 1 atom stereocenters. The number of nitrogens with zero attached hydrogens (tertiary/aromatic N) is 3. The second kappa shape index (κ2) is 10.3. The molecule has 0 radical (unpaired) electrons. The summed E-state index contributed by atoms with van der Waals surface area (Å²) in [4.78, 5) is 24.8. The first-order chi connectivity index (χ1) is 13.5. The lowest BCUT2D eigenvalue weighted by molar-refractivity contribution is -0.949. The van der Waals surface area contributed by atoms with E-state index in [1.165, 1.54) is 0 Å². The summed E-state index contributed by atoms with van der Waals surface area (Å²) in [5.74, 6) is -1.71. The van der Waals surface area contributed by atoms with Crippen molar-refractivity contribution in [1.82, 2.24) is 4.90 Å². The van der Waals surface area contributed by atoms with Crippen LogP contribution in [-0.4, -0.2) is 138 Å². The van der Waals surface area contributed by atoms with Crippen molar-refractivity contribution in [1.29, 1.82) is 0 Å². The van der Waals surface area contributed by atoms with Crippen LogP contribution in [-0.2, 0) is 22.9 Å². The molecule has 3 aliphatic rings. The molecule has 0 amide bonds. The van der Waals surface area contributed by atoms with Gasteiger partial charge in [-0.05, 0) is 0 Å². The smallest absolute Gasteiger partial charge is 0.477 e. The monoisotopic (exact) mass is 435 g/mol. The molecule has 3 fully saturated rings. The molecule has 3 heterocycles. The average Bonchev–Trinajstić information content (AvgIpc) is 2.52. The number of aliphatic carboxylic acids is 2. The van der Waals surface area contributed by atoms with Crippen molar-refractivity contribution >= 4 is 20.7 Å². The van der Waals surface area contributed by atoms with Gasteiger partial charge in [0, 0.05) is 32.1 Å². The Hall–Kier alpha value is -1.08. The normalized spacial score (nSPS) is 27.5. The Labute approximate surface area is 174 Å². The SMILES string of the molecule is C[N+](C)(CC[N+](C)(CCC[Si]12OCCN(CCO1)CCO2)CC(=O)O)CC(=O)O. The summed E-state index contributed by atoms with van der Waals surface area (Å²) >= 11 is 0. The average molecular weight is 436 g/mol. The number of rotatable bonds is 11. The molecule has 2 bridgehead atoms. The third kappa shape index (κ3) is 8.28. The maximum Gasteiger partial charge on any atom is 0.501 e. The molecule has 0 aromatic heterocycles. The molecular weight excluding hydrogens is 398 g/mol. The first kappa shape index (κ1) is 24.2. The van der Waals surface area contributed by atoms with E-state index in [1.807, 2.05) is 21.1 Å². The van der Waals surface area contributed by atoms with Gasteiger partial charge in [0.15, 0.2) is 13.1 Å². The van der Waals surface area contributed by atoms with Gasteiger partial charge < -0.3 is 32.5 Å². The van der Waals surface area contributed by atoms with Gasteiger partial charge >= 0.3 is 20.7 Å². The van der Waals surface area contributed by atoms with Crippen LogP contribution in [0.1, 0.15) is 6.42 Å². The van der Waals surface area contributed by atoms with Crippen LogP contribution in [0.5, 0.6) is 0 Å². The zero-order valence-corrected chi connectivity index (χ0v) is 19.0. The molecule has 0 aliphatic carbocycles. The molecule has 11 heteroatoms. The van der Waals surface area contributed by atoms with E-state index in [0.717, 1.165) is 26.1 Å². The summed E-state index contributed by atoms with van der Waals surface area (Å²) in [6.45, 7) is 6.32. The quantitative estimate of drug-likeness (QED) is 0.327. The Morgan fingerprint density at radius 3 is 1.86 bits per heavy atom. The molecule has 0 aromatic rings. The van der Waals surface area contributed by atoms with Crippen molar-refractivity contribution in [2.45, 2.75) is 12.5 Å². The van der Waals surface area contributed by atoms with Crippen molar-refractivity contribution in [3.63, 3.8) is 0 Å². The first-order valence-corrected chi connectivity index (χ1v) is 12.2. The van der Waals surface area contributed by atoms with E-state index < -0.39 is 20.7 Å². The standard InChI is InChI=1S/C18H35N3O7Si/c1-20(2,15-17(22)23)9-10-21(3,16-18(24)25)8-4-14-29-26-11-5-19(6-12-27-29)7-13-28-29/h4-16H2,1-3H3/p+2. The van der Waals surface area contributed by atoms with Crippen molar-refractivity contribution in [2.75, 3.05) is 93.3 Å². The molecular formula is C18H37N3O7Si+2. The topological polar surface area (TPSA) is 106 Å². The minimum atomic E-state index is -2.71. The summed E-state index contributed by atoms with van der Waals surface area (Å²) in [7, 11) is 2.92. The zero-order valence-electron chi connectivity index (χ0n) is 18.0. The number of fused-ring (bicyclic) bond motifs is 6. The molecule has 0 spiro atoms. The second-order valence-electron chi connectivity index (χ2n) is 9.00. The third-order valence-corrected chi connectivity index (χ3v) is 8.59. The lowest BCUT2D eigenvalue weighted by atomic mass is 10.3. The van der Waals surface area contributed by atoms with E-state index in [1.54, 1.807) is 0 Å². The molecule has 3 aliphatic heterocycles. The molecule has 168 valence electrons. The number of quaternary nitrogens is 2. The highest BCUT2D eigenvalue weighted by Crippen LogP contribution is 2.23. The lowest BCUT2D eigenvalue weighted by Gasteiger charge is -2.39. The highest BCUT2D eigenvalue weighted by molar-refractivity contribution is 6.60. The fourth-order valence-electron chi connectivity index (χ4n) is 3.90. The molecule has 2 N–H and O–H groups in total. The zero-order chi connectivity index (χ0) is 21.5. The Bertz CT molecular complexity index is 551. The van der Waals surface area contributed by atoms with Gasteiger partial charge in [-0.15, -0.1) is 0 Å². The van der Waals surface area contributed by atoms with Gasteiger partial charge in [0.2, 0.25) is 0 Å². The van der Waals surface area contributed by atoms with Gasteiger partial charge in [0.05, 0.1) is 47.5 Å². The molecule has 10 nitrogen and oxygen atoms in total. The predicted molar refractivity (Wildman–Crippen MR) is 107 cm³/mol. The van der Waals surface area contributed by atoms with E-state index in [0.29, 0.717) is 54.5 Å². The highest BCUT2D eigenvalue weighted by Gasteiger charge is 2.44. The van der Waals surface area contributed by atoms with Crippen molar-refractivity contribution in [2.24, 2.45) is 0 Å². The third-order valence-electron chi connectivity index (χ3n) is 5.69. The molecule has 1 unspecified atom stereocenters. The summed E-state index contributed by atoms with van der Waals surface area (Å²) in [5.41, 5.74) is 0. The number of carbonyl (C=O) groups is 2. The van der Waals surface area contributed by atoms with Crippen LogP contribution in [0.2, 0.25) is 6.04 Å². The maximum absolute atomic E-state index is 11.5. The van der Waals surface area contributed by atoms with Gasteiger partial charge in [-0.3, -0.25) is 4.90 Å². The van der Waals surface area contributed by atoms with Gasteiger partial charge in [-0.1, -0.05) is 0 Å². The molecule has 3 saturated heterocycles. The van der Waals surface area contributed by atoms with Crippen molar-refractivity contribution < 1.29 is 42.0 Å². The predicted octanol–water partition coefficient (Wildman–Crippen LogP) is -0.613. The van der Waals surface area contributed by atoms with E-state index in [9.17, 15) is 14.7 Å². The number of hydrogen-bond acceptors (Lipinski definition) is 6. The Morgan fingerprint density at radius 2 is 1.38 bits per heavy atom. The summed E-state index contributed by atoms with van der Waals surface area (Å²) in [5, 5.41) is 18.5. The number of hydrogen-bond donors (Lipinski definition) is 2. The second-order valence-corrected chi connectivity index (χ2v) is 11.7. The van der Waals surface area contributed by atoms with Crippen molar-refractivity contribution in [3.8, 4) is 0 Å². The highest BCUT2D eigenvalue weighted by atomic mass is 28.4. The Kier molecular flexibility index (Phi) is 8.58. The van der Waals surface area contributed by atoms with Crippen LogP contribution in [0.15, 0.2) is 0 Å². The number of carboxylic acid groups (broad SMARTS) is 2. The lowest BCUT2D eigenvalue weighted by Crippen LogP contribution is -2.57. The van der Waals surface area contributed by atoms with Crippen LogP contribution in [0.4, 0.5) is 0 Å². The van der Waals surface area contributed by atoms with Gasteiger partial charge in [-0.25, -0.2) is 9.59 Å². The Balaban J connectivity index is 1.94. The minimum absolute atomic E-state index is 0.000835. The van der Waals surface area contributed by atoms with Crippen LogP contribution < -0.4 is 0 Å². The van der Waals surface area contributed by atoms with Crippen LogP contribution in [0.25, 0.3) is 0 Å². The van der Waals surface area contributed by atoms with E-state index in [-0.39, 0.29) is 13.1 Å². The van der Waals surface area contributed by atoms with E-state index in [2.05, 4.69) is 4.90 Å². The minimum Gasteiger partial charge on any atom is -0.477 e. The fourth-order valence-corrected chi connectivity index (χ4v) is 6.38. The number of likely N-dealkylation sites (N-methyl/N-ethyl adjacent to an activating group) is 2. The van der Waals surface area contributed by atoms with Crippen LogP contribution in [0, 0.1) is 0 Å². The molecule has 0 saturated carbocycles. The fraction of sp³-hybridized carbons (Fsp3) is 0.889. The van der Waals surface area contributed by atoms with Crippen LogP contribution in [0.3, 0.4) is 0 Å².